The van der Waals surface area contributed by atoms with Crippen LogP contribution in [0.15, 0.2) is 60.7 Å². The summed E-state index contributed by atoms with van der Waals surface area (Å²) in [6.45, 7) is 9.43. The number of aryl methyl sites for hydroxylation is 2. The molecule has 2 heterocycles. The first-order valence-corrected chi connectivity index (χ1v) is 23.8. The Hall–Kier alpha value is -7.14. The average Bonchev–Trinajstić information content (AvgIpc) is 3.34. The molecule has 19 nitrogen and oxygen atoms in total. The lowest BCUT2D eigenvalue weighted by molar-refractivity contribution is -0.141. The van der Waals surface area contributed by atoms with Crippen LogP contribution in [0.25, 0.3) is 22.5 Å². The quantitative estimate of drug-likeness (QED) is 0.0591. The molecule has 0 saturated carbocycles. The number of ether oxygens (including phenoxy) is 3. The van der Waals surface area contributed by atoms with Gasteiger partial charge in [-0.15, -0.1) is 0 Å². The van der Waals surface area contributed by atoms with E-state index in [1.165, 1.54) is 18.9 Å². The fraction of sp³-hybridized carbons (Fsp3) is 0.451. The van der Waals surface area contributed by atoms with Crippen LogP contribution >= 0.6 is 0 Å². The van der Waals surface area contributed by atoms with Gasteiger partial charge in [-0.2, -0.15) is 5.26 Å². The van der Waals surface area contributed by atoms with Gasteiger partial charge in [-0.25, -0.2) is 9.97 Å². The van der Waals surface area contributed by atoms with Gasteiger partial charge in [0.15, 0.2) is 5.82 Å². The topological polar surface area (TPSA) is 292 Å². The van der Waals surface area contributed by atoms with Crippen molar-refractivity contribution >= 4 is 29.5 Å². The predicted octanol–water partition coefficient (Wildman–Crippen LogP) is 3.28. The second kappa shape index (κ2) is 26.0. The van der Waals surface area contributed by atoms with Gasteiger partial charge < -0.3 is 57.6 Å². The Bertz CT molecular complexity index is 2480. The molecule has 3 aromatic carbocycles. The van der Waals surface area contributed by atoms with Crippen LogP contribution in [0.2, 0.25) is 0 Å². The van der Waals surface area contributed by atoms with E-state index >= 15 is 0 Å². The lowest BCUT2D eigenvalue weighted by Gasteiger charge is -2.32. The molecule has 1 aliphatic rings. The van der Waals surface area contributed by atoms with Gasteiger partial charge in [-0.05, 0) is 106 Å². The Balaban J connectivity index is 1.52. The average molecular weight is 962 g/mol. The zero-order valence-corrected chi connectivity index (χ0v) is 40.9. The number of carbonyl (C=O) groups excluding carboxylic acids is 5. The summed E-state index contributed by atoms with van der Waals surface area (Å²) in [6, 6.07) is 14.5. The molecule has 0 spiro atoms. The fourth-order valence-corrected chi connectivity index (χ4v) is 8.32. The summed E-state index contributed by atoms with van der Waals surface area (Å²) in [5, 5.41) is 20.0. The summed E-state index contributed by atoms with van der Waals surface area (Å²) in [5.41, 5.74) is 21.3. The van der Waals surface area contributed by atoms with E-state index < -0.39 is 53.7 Å². The Morgan fingerprint density at radius 2 is 1.46 bits per heavy atom. The monoisotopic (exact) mass is 962 g/mol. The minimum absolute atomic E-state index is 0.00159. The van der Waals surface area contributed by atoms with Gasteiger partial charge in [0, 0.05) is 43.2 Å². The summed E-state index contributed by atoms with van der Waals surface area (Å²) >= 11 is 0. The molecule has 5 amide bonds. The Kier molecular flexibility index (Phi) is 20.0. The molecular formula is C51H67N11O8. The van der Waals surface area contributed by atoms with E-state index in [0.717, 1.165) is 37.0 Å². The number of hydrogen-bond acceptors (Lipinski definition) is 14. The number of aromatic nitrogens is 2. The molecule has 19 heteroatoms. The van der Waals surface area contributed by atoms with Crippen LogP contribution in [-0.2, 0) is 25.6 Å². The van der Waals surface area contributed by atoms with Gasteiger partial charge in [0.2, 0.25) is 23.6 Å². The SMILES string of the molecule is CCCC(CCC)Oc1ccc(-c2nc(C)c(C(=O)NC(CCN)C(=O)N(C)[C@@H]3C(=O)N[C@@H](C)C(=O)N[C@H](C(=O)NCC#N)Cc4ccc(OCCN)c(c4)-c4cc3ccc4OCCN)c(C)n2)cc1. The Morgan fingerprint density at radius 1 is 0.843 bits per heavy atom. The Morgan fingerprint density at radius 3 is 2.04 bits per heavy atom. The maximum atomic E-state index is 14.8. The van der Waals surface area contributed by atoms with Gasteiger partial charge in [-0.1, -0.05) is 38.8 Å². The number of nitrogens with one attached hydrogen (secondary N) is 4. The van der Waals surface area contributed by atoms with Crippen molar-refractivity contribution < 1.29 is 38.2 Å². The van der Waals surface area contributed by atoms with E-state index in [9.17, 15) is 29.2 Å². The lowest BCUT2D eigenvalue weighted by atomic mass is 9.93. The first-order valence-electron chi connectivity index (χ1n) is 23.8. The van der Waals surface area contributed by atoms with Crippen molar-refractivity contribution in [3.05, 3.63) is 88.7 Å². The highest BCUT2D eigenvalue weighted by molar-refractivity contribution is 6.00. The minimum Gasteiger partial charge on any atom is -0.492 e. The fourth-order valence-electron chi connectivity index (χ4n) is 8.32. The smallest absolute Gasteiger partial charge is 0.255 e. The number of rotatable bonds is 21. The van der Waals surface area contributed by atoms with E-state index in [0.29, 0.717) is 51.0 Å². The zero-order valence-electron chi connectivity index (χ0n) is 40.9. The second-order valence-corrected chi connectivity index (χ2v) is 17.1. The summed E-state index contributed by atoms with van der Waals surface area (Å²) < 4.78 is 18.4. The number of likely N-dealkylation sites (N-methyl/N-ethyl adjacent to an activating group) is 1. The van der Waals surface area contributed by atoms with Crippen LogP contribution in [-0.4, -0.2) is 115 Å². The number of hydrogen-bond donors (Lipinski definition) is 7. The van der Waals surface area contributed by atoms with Crippen molar-refractivity contribution in [2.24, 2.45) is 17.2 Å². The number of benzene rings is 3. The van der Waals surface area contributed by atoms with Crippen LogP contribution in [0.3, 0.4) is 0 Å². The van der Waals surface area contributed by atoms with Crippen LogP contribution < -0.4 is 52.7 Å². The van der Waals surface area contributed by atoms with Crippen molar-refractivity contribution in [2.45, 2.75) is 103 Å². The maximum Gasteiger partial charge on any atom is 0.255 e. The highest BCUT2D eigenvalue weighted by Crippen LogP contribution is 2.40. The van der Waals surface area contributed by atoms with Crippen molar-refractivity contribution in [2.75, 3.05) is 46.4 Å². The van der Waals surface area contributed by atoms with E-state index in [1.54, 1.807) is 50.2 Å². The number of carbonyl (C=O) groups is 5. The normalized spacial score (nSPS) is 16.2. The second-order valence-electron chi connectivity index (χ2n) is 17.1. The summed E-state index contributed by atoms with van der Waals surface area (Å²) in [6.07, 6.45) is 4.09. The van der Waals surface area contributed by atoms with E-state index in [1.807, 2.05) is 30.3 Å². The van der Waals surface area contributed by atoms with Gasteiger partial charge in [0.05, 0.1) is 29.1 Å². The number of nitrogens with two attached hydrogens (primary N) is 3. The molecule has 0 aliphatic carbocycles. The third kappa shape index (κ3) is 13.8. The van der Waals surface area contributed by atoms with Crippen molar-refractivity contribution in [3.63, 3.8) is 0 Å². The number of fused-ring (bicyclic) bond motifs is 5. The lowest BCUT2D eigenvalue weighted by Crippen LogP contribution is -2.56. The number of nitriles is 1. The highest BCUT2D eigenvalue weighted by Gasteiger charge is 2.36. The number of amides is 5. The molecule has 4 atom stereocenters. The zero-order chi connectivity index (χ0) is 50.9. The van der Waals surface area contributed by atoms with Gasteiger partial charge in [-0.3, -0.25) is 24.0 Å². The third-order valence-electron chi connectivity index (χ3n) is 11.7. The predicted molar refractivity (Wildman–Crippen MR) is 264 cm³/mol. The van der Waals surface area contributed by atoms with E-state index in [-0.39, 0.29) is 63.9 Å². The molecule has 5 rings (SSSR count). The van der Waals surface area contributed by atoms with Crippen LogP contribution in [0.5, 0.6) is 17.2 Å². The van der Waals surface area contributed by atoms with Crippen LogP contribution in [0, 0.1) is 25.2 Å². The summed E-state index contributed by atoms with van der Waals surface area (Å²) in [5.74, 6) is -1.45. The van der Waals surface area contributed by atoms with Gasteiger partial charge in [0.25, 0.3) is 5.91 Å². The summed E-state index contributed by atoms with van der Waals surface area (Å²) in [7, 11) is 1.42. The summed E-state index contributed by atoms with van der Waals surface area (Å²) in [4.78, 5) is 81.3. The van der Waals surface area contributed by atoms with Crippen molar-refractivity contribution in [1.29, 1.82) is 5.26 Å². The van der Waals surface area contributed by atoms with E-state index in [2.05, 4.69) is 45.1 Å². The molecule has 4 bridgehead atoms. The molecule has 0 radical (unpaired) electrons. The molecule has 0 saturated heterocycles. The number of nitrogens with zero attached hydrogens (tertiary/aromatic N) is 4. The minimum atomic E-state index is -1.41. The molecule has 374 valence electrons. The third-order valence-corrected chi connectivity index (χ3v) is 11.7. The standard InChI is InChI=1S/C51H67N11O8/c1-7-9-36(10-8-2)70-37-15-12-34(13-16-37)46-57-30(3)44(31(4)58-46)49(65)60-40(19-20-52)51(67)62(6)45-35-14-18-43(69-26-23-55)39(29-35)38-27-33(11-17-42(38)68-25-22-54)28-41(48(64)56-24-21-53)61-47(63)32(5)59-50(45)66/h11-18,27,29,32,36,40-41,45H,7-10,19-20,22-26,28,52,54-55H2,1-6H3,(H,56,64)(H,59,66)(H,60,65)(H,61,63)/t32-,40?,41-,45-/m0/s1. The maximum absolute atomic E-state index is 14.8. The molecule has 4 aromatic rings. The molecule has 10 N–H and O–H groups in total. The molecule has 1 aromatic heterocycles. The van der Waals surface area contributed by atoms with E-state index in [4.69, 9.17) is 31.4 Å². The molecule has 0 fully saturated rings. The Labute approximate surface area is 409 Å². The van der Waals surface area contributed by atoms with Crippen LogP contribution in [0.1, 0.15) is 91.8 Å². The molecular weight excluding hydrogens is 895 g/mol. The highest BCUT2D eigenvalue weighted by atomic mass is 16.5. The first kappa shape index (κ1) is 53.8. The van der Waals surface area contributed by atoms with Crippen molar-refractivity contribution in [1.82, 2.24) is 36.1 Å². The van der Waals surface area contributed by atoms with Gasteiger partial charge >= 0.3 is 0 Å². The first-order chi connectivity index (χ1) is 33.7. The van der Waals surface area contributed by atoms with Gasteiger partial charge in [0.1, 0.15) is 61.2 Å². The molecule has 70 heavy (non-hydrogen) atoms. The molecule has 1 unspecified atom stereocenters. The van der Waals surface area contributed by atoms with Crippen LogP contribution in [0.4, 0.5) is 0 Å². The largest absolute Gasteiger partial charge is 0.492 e. The van der Waals surface area contributed by atoms with Crippen molar-refractivity contribution in [3.8, 4) is 45.8 Å². The molecule has 1 aliphatic heterocycles.